The molecule has 2 aliphatic heterocycles. The van der Waals surface area contributed by atoms with Crippen LogP contribution in [0.25, 0.3) is 0 Å². The highest BCUT2D eigenvalue weighted by Crippen LogP contribution is 2.12. The number of carbonyl (C=O) groups is 1. The third kappa shape index (κ3) is 5.80. The Morgan fingerprint density at radius 1 is 1.24 bits per heavy atom. The summed E-state index contributed by atoms with van der Waals surface area (Å²) >= 11 is 0. The van der Waals surface area contributed by atoms with E-state index in [-0.39, 0.29) is 6.09 Å². The molecule has 2 saturated heterocycles. The molecule has 0 aromatic carbocycles. The third-order valence-electron chi connectivity index (χ3n) is 3.80. The van der Waals surface area contributed by atoms with Gasteiger partial charge in [0.2, 0.25) is 0 Å². The second kappa shape index (κ2) is 7.42. The zero-order valence-corrected chi connectivity index (χ0v) is 13.6. The van der Waals surface area contributed by atoms with Gasteiger partial charge in [0, 0.05) is 39.3 Å². The van der Waals surface area contributed by atoms with Gasteiger partial charge in [-0.05, 0) is 33.7 Å². The molecule has 1 N–H and O–H groups in total. The number of rotatable bonds is 4. The Morgan fingerprint density at radius 3 is 2.52 bits per heavy atom. The van der Waals surface area contributed by atoms with Crippen LogP contribution in [0.2, 0.25) is 0 Å². The summed E-state index contributed by atoms with van der Waals surface area (Å²) in [5, 5.41) is 3.30. The van der Waals surface area contributed by atoms with Crippen molar-refractivity contribution in [2.24, 2.45) is 0 Å². The maximum absolute atomic E-state index is 12.0. The van der Waals surface area contributed by atoms with Crippen molar-refractivity contribution < 1.29 is 14.3 Å². The molecule has 2 heterocycles. The van der Waals surface area contributed by atoms with Gasteiger partial charge < -0.3 is 19.7 Å². The minimum absolute atomic E-state index is 0.199. The van der Waals surface area contributed by atoms with E-state index in [2.05, 4.69) is 10.2 Å². The van der Waals surface area contributed by atoms with Gasteiger partial charge in [0.05, 0.1) is 12.7 Å². The lowest BCUT2D eigenvalue weighted by atomic mass is 10.2. The molecule has 0 saturated carbocycles. The normalized spacial score (nSPS) is 24.3. The van der Waals surface area contributed by atoms with E-state index in [0.29, 0.717) is 6.10 Å². The smallest absolute Gasteiger partial charge is 0.410 e. The first-order valence-corrected chi connectivity index (χ1v) is 7.97. The summed E-state index contributed by atoms with van der Waals surface area (Å²) in [7, 11) is 0. The average molecular weight is 299 g/mol. The Hall–Kier alpha value is -0.850. The van der Waals surface area contributed by atoms with E-state index in [4.69, 9.17) is 9.47 Å². The molecule has 6 heteroatoms. The number of nitrogens with one attached hydrogen (secondary N) is 1. The highest BCUT2D eigenvalue weighted by Gasteiger charge is 2.25. The lowest BCUT2D eigenvalue weighted by molar-refractivity contribution is 0.00771. The molecular formula is C15H29N3O3. The van der Waals surface area contributed by atoms with Gasteiger partial charge in [0.1, 0.15) is 5.60 Å². The second-order valence-corrected chi connectivity index (χ2v) is 6.79. The number of piperazine rings is 1. The van der Waals surface area contributed by atoms with Crippen LogP contribution in [-0.4, -0.2) is 80.0 Å². The molecule has 21 heavy (non-hydrogen) atoms. The molecule has 0 aliphatic carbocycles. The van der Waals surface area contributed by atoms with Crippen molar-refractivity contribution >= 4 is 6.09 Å². The Bertz CT molecular complexity index is 330. The first-order chi connectivity index (χ1) is 9.94. The van der Waals surface area contributed by atoms with Gasteiger partial charge in [-0.25, -0.2) is 4.79 Å². The molecule has 2 aliphatic rings. The van der Waals surface area contributed by atoms with E-state index in [1.807, 2.05) is 20.8 Å². The average Bonchev–Trinajstić information content (AvgIpc) is 2.91. The van der Waals surface area contributed by atoms with Gasteiger partial charge >= 0.3 is 6.09 Å². The van der Waals surface area contributed by atoms with Gasteiger partial charge in [0.15, 0.2) is 0 Å². The second-order valence-electron chi connectivity index (χ2n) is 6.79. The largest absolute Gasteiger partial charge is 0.444 e. The molecule has 1 atom stereocenters. The summed E-state index contributed by atoms with van der Waals surface area (Å²) in [6, 6.07) is 0. The van der Waals surface area contributed by atoms with Gasteiger partial charge in [-0.15, -0.1) is 0 Å². The van der Waals surface area contributed by atoms with Crippen LogP contribution in [0.1, 0.15) is 27.2 Å². The molecule has 0 bridgehead atoms. The van der Waals surface area contributed by atoms with Crippen LogP contribution in [0.5, 0.6) is 0 Å². The maximum Gasteiger partial charge on any atom is 0.410 e. The van der Waals surface area contributed by atoms with Gasteiger partial charge in [-0.3, -0.25) is 4.90 Å². The number of nitrogens with zero attached hydrogens (tertiary/aromatic N) is 2. The highest BCUT2D eigenvalue weighted by molar-refractivity contribution is 5.68. The van der Waals surface area contributed by atoms with Gasteiger partial charge in [-0.1, -0.05) is 0 Å². The molecule has 0 spiro atoms. The molecular weight excluding hydrogens is 270 g/mol. The number of hydrogen-bond donors (Lipinski definition) is 1. The van der Waals surface area contributed by atoms with E-state index in [9.17, 15) is 4.79 Å². The predicted molar refractivity (Wildman–Crippen MR) is 81.5 cm³/mol. The van der Waals surface area contributed by atoms with Gasteiger partial charge in [0.25, 0.3) is 0 Å². The lowest BCUT2D eigenvalue weighted by Gasteiger charge is -2.35. The van der Waals surface area contributed by atoms with Crippen LogP contribution < -0.4 is 5.32 Å². The third-order valence-corrected chi connectivity index (χ3v) is 3.80. The highest BCUT2D eigenvalue weighted by atomic mass is 16.6. The van der Waals surface area contributed by atoms with Crippen LogP contribution in [-0.2, 0) is 9.47 Å². The molecule has 2 fully saturated rings. The van der Waals surface area contributed by atoms with E-state index < -0.39 is 5.60 Å². The molecule has 6 nitrogen and oxygen atoms in total. The molecule has 0 aromatic heterocycles. The quantitative estimate of drug-likeness (QED) is 0.836. The Balaban J connectivity index is 1.60. The Kier molecular flexibility index (Phi) is 5.84. The zero-order chi connectivity index (χ0) is 15.3. The minimum atomic E-state index is -0.419. The fraction of sp³-hybridized carbons (Fsp3) is 0.933. The van der Waals surface area contributed by atoms with E-state index in [1.165, 1.54) is 0 Å². The molecule has 1 amide bonds. The van der Waals surface area contributed by atoms with Crippen LogP contribution >= 0.6 is 0 Å². The fourth-order valence-corrected chi connectivity index (χ4v) is 2.60. The molecule has 122 valence electrons. The van der Waals surface area contributed by atoms with E-state index in [0.717, 1.165) is 58.8 Å². The van der Waals surface area contributed by atoms with Crippen molar-refractivity contribution in [2.45, 2.75) is 38.9 Å². The molecule has 2 rings (SSSR count). The minimum Gasteiger partial charge on any atom is -0.444 e. The lowest BCUT2D eigenvalue weighted by Crippen LogP contribution is -2.50. The summed E-state index contributed by atoms with van der Waals surface area (Å²) in [6.07, 6.45) is 1.30. The van der Waals surface area contributed by atoms with Crippen molar-refractivity contribution in [1.29, 1.82) is 0 Å². The van der Waals surface area contributed by atoms with Gasteiger partial charge in [-0.2, -0.15) is 0 Å². The number of amides is 1. The topological polar surface area (TPSA) is 54.0 Å². The SMILES string of the molecule is CC(C)(C)OC(=O)N1CCN(CCOC2CCNC2)CC1. The van der Waals surface area contributed by atoms with Crippen molar-refractivity contribution in [3.63, 3.8) is 0 Å². The first kappa shape index (κ1) is 16.5. The maximum atomic E-state index is 12.0. The number of carbonyl (C=O) groups excluding carboxylic acids is 1. The predicted octanol–water partition coefficient (Wildman–Crippen LogP) is 0.918. The first-order valence-electron chi connectivity index (χ1n) is 7.97. The number of hydrogen-bond acceptors (Lipinski definition) is 5. The van der Waals surface area contributed by atoms with Crippen LogP contribution in [0.3, 0.4) is 0 Å². The van der Waals surface area contributed by atoms with Crippen LogP contribution in [0, 0.1) is 0 Å². The summed E-state index contributed by atoms with van der Waals surface area (Å²) in [4.78, 5) is 16.1. The summed E-state index contributed by atoms with van der Waals surface area (Å²) in [5.41, 5.74) is -0.419. The standard InChI is InChI=1S/C15H29N3O3/c1-15(2,3)21-14(19)18-8-6-17(7-9-18)10-11-20-13-4-5-16-12-13/h13,16H,4-12H2,1-3H3. The van der Waals surface area contributed by atoms with Crippen LogP contribution in [0.4, 0.5) is 4.79 Å². The molecule has 1 unspecified atom stereocenters. The monoisotopic (exact) mass is 299 g/mol. The number of ether oxygens (including phenoxy) is 2. The van der Waals surface area contributed by atoms with Crippen molar-refractivity contribution in [3.05, 3.63) is 0 Å². The summed E-state index contributed by atoms with van der Waals surface area (Å²) in [5.74, 6) is 0. The summed E-state index contributed by atoms with van der Waals surface area (Å²) < 4.78 is 11.2. The summed E-state index contributed by atoms with van der Waals surface area (Å²) in [6.45, 7) is 12.7. The van der Waals surface area contributed by atoms with Crippen molar-refractivity contribution in [2.75, 3.05) is 52.4 Å². The Morgan fingerprint density at radius 2 is 1.95 bits per heavy atom. The molecule has 0 radical (unpaired) electrons. The Labute approximate surface area is 127 Å². The van der Waals surface area contributed by atoms with Crippen molar-refractivity contribution in [3.8, 4) is 0 Å². The molecule has 0 aromatic rings. The van der Waals surface area contributed by atoms with Crippen molar-refractivity contribution in [1.82, 2.24) is 15.1 Å². The van der Waals surface area contributed by atoms with E-state index in [1.54, 1.807) is 4.90 Å². The van der Waals surface area contributed by atoms with Crippen LogP contribution in [0.15, 0.2) is 0 Å². The fourth-order valence-electron chi connectivity index (χ4n) is 2.60. The van der Waals surface area contributed by atoms with E-state index >= 15 is 0 Å². The zero-order valence-electron chi connectivity index (χ0n) is 13.6.